The van der Waals surface area contributed by atoms with Crippen molar-refractivity contribution in [2.75, 3.05) is 6.16 Å². The quantitative estimate of drug-likeness (QED) is 0.425. The van der Waals surface area contributed by atoms with Crippen LogP contribution in [0.1, 0.15) is 24.0 Å². The molecule has 0 saturated heterocycles. The molecular formula is C16H18NaO3PS. The van der Waals surface area contributed by atoms with Crippen molar-refractivity contribution in [3.63, 3.8) is 0 Å². The molecule has 0 fully saturated rings. The van der Waals surface area contributed by atoms with Crippen molar-refractivity contribution in [3.05, 3.63) is 71.8 Å². The maximum atomic E-state index is 12.2. The van der Waals surface area contributed by atoms with E-state index in [1.807, 2.05) is 12.1 Å². The summed E-state index contributed by atoms with van der Waals surface area (Å²) in [5.41, 5.74) is 1.06. The van der Waals surface area contributed by atoms with Crippen LogP contribution in [0, 0.1) is 0 Å². The van der Waals surface area contributed by atoms with Gasteiger partial charge in [0.05, 0.1) is 0 Å². The Morgan fingerprint density at radius 3 is 1.64 bits per heavy atom. The molecule has 0 aromatic heterocycles. The van der Waals surface area contributed by atoms with Crippen LogP contribution in [0.5, 0.6) is 0 Å². The third-order valence-electron chi connectivity index (χ3n) is 3.64. The van der Waals surface area contributed by atoms with E-state index >= 15 is 0 Å². The van der Waals surface area contributed by atoms with E-state index in [1.165, 1.54) is 0 Å². The van der Waals surface area contributed by atoms with E-state index in [0.717, 1.165) is 6.16 Å². The van der Waals surface area contributed by atoms with Gasteiger partial charge in [-0.15, -0.1) is 9.24 Å². The first-order chi connectivity index (χ1) is 10.0. The third kappa shape index (κ3) is 4.00. The van der Waals surface area contributed by atoms with Gasteiger partial charge in [0.1, 0.15) is 14.9 Å². The topological polar surface area (TPSA) is 57.2 Å². The molecule has 3 nitrogen and oxygen atoms in total. The minimum atomic E-state index is -4.56. The molecule has 0 amide bonds. The second-order valence-electron chi connectivity index (χ2n) is 4.91. The molecule has 0 spiro atoms. The molecule has 1 atom stereocenters. The second kappa shape index (κ2) is 8.58. The van der Waals surface area contributed by atoms with Crippen molar-refractivity contribution >= 4 is 19.4 Å². The molecule has 2 aromatic carbocycles. The van der Waals surface area contributed by atoms with E-state index in [4.69, 9.17) is 0 Å². The summed E-state index contributed by atoms with van der Waals surface area (Å²) in [5, 5.41) is 0. The summed E-state index contributed by atoms with van der Waals surface area (Å²) in [4.78, 5) is 0. The monoisotopic (exact) mass is 344 g/mol. The largest absolute Gasteiger partial charge is 1.00 e. The van der Waals surface area contributed by atoms with Crippen LogP contribution in [0.2, 0.25) is 0 Å². The number of hydrogen-bond donors (Lipinski definition) is 0. The normalized spacial score (nSPS) is 11.7. The average molecular weight is 344 g/mol. The molecule has 0 saturated carbocycles. The summed E-state index contributed by atoms with van der Waals surface area (Å²) in [6.07, 6.45) is 1.66. The van der Waals surface area contributed by atoms with E-state index in [9.17, 15) is 13.0 Å². The Bertz CT molecular complexity index is 636. The van der Waals surface area contributed by atoms with Gasteiger partial charge in [0, 0.05) is 0 Å². The Morgan fingerprint density at radius 1 is 0.909 bits per heavy atom. The van der Waals surface area contributed by atoms with Crippen LogP contribution in [0.3, 0.4) is 0 Å². The zero-order valence-corrected chi connectivity index (χ0v) is 16.6. The molecule has 22 heavy (non-hydrogen) atoms. The maximum Gasteiger partial charge on any atom is 1.00 e. The number of rotatable bonds is 6. The first-order valence-corrected chi connectivity index (χ1v) is 9.01. The van der Waals surface area contributed by atoms with Gasteiger partial charge >= 0.3 is 29.6 Å². The fourth-order valence-corrected chi connectivity index (χ4v) is 4.08. The first kappa shape index (κ1) is 19.8. The summed E-state index contributed by atoms with van der Waals surface area (Å²) >= 11 is 0. The molecule has 0 bridgehead atoms. The zero-order valence-electron chi connectivity index (χ0n) is 12.6. The molecule has 112 valence electrons. The van der Waals surface area contributed by atoms with Gasteiger partial charge in [-0.05, 0) is 30.1 Å². The molecule has 2 rings (SSSR count). The molecule has 2 aromatic rings. The van der Waals surface area contributed by atoms with Crippen molar-refractivity contribution in [3.8, 4) is 0 Å². The minimum Gasteiger partial charge on any atom is -0.747 e. The molecule has 0 N–H and O–H groups in total. The Balaban J connectivity index is 0.00000242. The predicted octanol–water partition coefficient (Wildman–Crippen LogP) is 0.135. The smallest absolute Gasteiger partial charge is 0.747 e. The van der Waals surface area contributed by atoms with Crippen LogP contribution in [0.25, 0.3) is 0 Å². The molecular weight excluding hydrogens is 326 g/mol. The summed E-state index contributed by atoms with van der Waals surface area (Å²) in [5.74, 6) is 0. The summed E-state index contributed by atoms with van der Waals surface area (Å²) in [6, 6.07) is 17.5. The standard InChI is InChI=1S/C16H19O3PS.Na/c17-21(18,19)16(12-7-13-20,14-8-3-1-4-9-14)15-10-5-2-6-11-15;/h1-6,8-11H,7,12-13,20H2,(H,17,18,19);/q;+1/p-1. The summed E-state index contributed by atoms with van der Waals surface area (Å²) < 4.78 is 35.1. The average Bonchev–Trinajstić information content (AvgIpc) is 2.49. The van der Waals surface area contributed by atoms with Gasteiger partial charge < -0.3 is 4.55 Å². The minimum absolute atomic E-state index is 0. The van der Waals surface area contributed by atoms with Crippen LogP contribution in [-0.2, 0) is 14.9 Å². The van der Waals surface area contributed by atoms with Crippen LogP contribution in [-0.4, -0.2) is 19.1 Å². The van der Waals surface area contributed by atoms with Crippen molar-refractivity contribution in [2.24, 2.45) is 0 Å². The van der Waals surface area contributed by atoms with Crippen molar-refractivity contribution in [2.45, 2.75) is 17.6 Å². The van der Waals surface area contributed by atoms with E-state index in [2.05, 4.69) is 9.24 Å². The van der Waals surface area contributed by atoms with Crippen molar-refractivity contribution in [1.82, 2.24) is 0 Å². The van der Waals surface area contributed by atoms with Crippen LogP contribution in [0.15, 0.2) is 60.7 Å². The Kier molecular flexibility index (Phi) is 7.73. The Morgan fingerprint density at radius 2 is 1.32 bits per heavy atom. The third-order valence-corrected chi connectivity index (χ3v) is 5.58. The van der Waals surface area contributed by atoms with Crippen LogP contribution in [0.4, 0.5) is 0 Å². The van der Waals surface area contributed by atoms with Gasteiger partial charge in [-0.25, -0.2) is 8.42 Å². The van der Waals surface area contributed by atoms with E-state index in [1.54, 1.807) is 48.5 Å². The molecule has 0 aliphatic carbocycles. The number of hydrogen-bond acceptors (Lipinski definition) is 3. The van der Waals surface area contributed by atoms with Crippen LogP contribution >= 0.6 is 9.24 Å². The fourth-order valence-electron chi connectivity index (χ4n) is 2.63. The van der Waals surface area contributed by atoms with E-state index in [0.29, 0.717) is 17.5 Å². The van der Waals surface area contributed by atoms with Crippen molar-refractivity contribution in [1.29, 1.82) is 0 Å². The van der Waals surface area contributed by atoms with E-state index in [-0.39, 0.29) is 36.0 Å². The van der Waals surface area contributed by atoms with E-state index < -0.39 is 14.9 Å². The molecule has 1 unspecified atom stereocenters. The second-order valence-corrected chi connectivity index (χ2v) is 7.09. The Hall–Kier alpha value is -0.220. The molecule has 0 heterocycles. The zero-order chi connectivity index (χ0) is 15.3. The molecule has 6 heteroatoms. The molecule has 0 aliphatic heterocycles. The first-order valence-electron chi connectivity index (χ1n) is 6.79. The summed E-state index contributed by atoms with van der Waals surface area (Å²) in [7, 11) is -1.99. The van der Waals surface area contributed by atoms with Gasteiger partial charge in [-0.1, -0.05) is 60.7 Å². The van der Waals surface area contributed by atoms with Crippen LogP contribution < -0.4 is 29.6 Å². The number of benzene rings is 2. The van der Waals surface area contributed by atoms with Gasteiger partial charge in [-0.2, -0.15) is 0 Å². The predicted molar refractivity (Wildman–Crippen MR) is 87.2 cm³/mol. The molecule has 0 radical (unpaired) electrons. The van der Waals surface area contributed by atoms with Gasteiger partial charge in [-0.3, -0.25) is 0 Å². The van der Waals surface area contributed by atoms with Gasteiger partial charge in [0.2, 0.25) is 0 Å². The Labute approximate surface area is 156 Å². The summed E-state index contributed by atoms with van der Waals surface area (Å²) in [6.45, 7) is 0. The molecule has 0 aliphatic rings. The van der Waals surface area contributed by atoms with Gasteiger partial charge in [0.15, 0.2) is 0 Å². The SMILES string of the molecule is O=S(=O)([O-])C(CCCP)(c1ccccc1)c1ccccc1.[Na+]. The fraction of sp³-hybridized carbons (Fsp3) is 0.250. The maximum absolute atomic E-state index is 12.2. The van der Waals surface area contributed by atoms with Crippen molar-refractivity contribution < 1.29 is 42.5 Å². The van der Waals surface area contributed by atoms with Gasteiger partial charge in [0.25, 0.3) is 0 Å².